The van der Waals surface area contributed by atoms with Gasteiger partial charge in [0.1, 0.15) is 28.9 Å². The lowest BCUT2D eigenvalue weighted by Gasteiger charge is -2.18. The number of nitrogens with zero attached hydrogens (tertiary/aromatic N) is 2. The molecule has 0 radical (unpaired) electrons. The van der Waals surface area contributed by atoms with Crippen LogP contribution in [0.1, 0.15) is 11.1 Å². The highest BCUT2D eigenvalue weighted by Crippen LogP contribution is 2.29. The molecule has 0 fully saturated rings. The van der Waals surface area contributed by atoms with Crippen molar-refractivity contribution in [3.63, 3.8) is 0 Å². The molecule has 144 valence electrons. The largest absolute Gasteiger partial charge is 0.497 e. The van der Waals surface area contributed by atoms with Gasteiger partial charge in [0, 0.05) is 5.56 Å². The number of hydrogen-bond donors (Lipinski definition) is 0. The summed E-state index contributed by atoms with van der Waals surface area (Å²) in [5.41, 5.74) is 1.85. The molecule has 29 heavy (non-hydrogen) atoms. The summed E-state index contributed by atoms with van der Waals surface area (Å²) >= 11 is 0. The number of amidine groups is 1. The van der Waals surface area contributed by atoms with E-state index < -0.39 is 11.7 Å². The topological polar surface area (TPSA) is 41.9 Å². The maximum absolute atomic E-state index is 13.8. The number of halogens is 2. The molecule has 0 spiro atoms. The normalized spacial score (nSPS) is 15.0. The second-order valence-electron chi connectivity index (χ2n) is 6.37. The highest BCUT2D eigenvalue weighted by molar-refractivity contribution is 6.33. The van der Waals surface area contributed by atoms with Crippen LogP contribution >= 0.6 is 0 Å². The SMILES string of the molecule is COc1ccc(C2=NC(=Cc3ccc(F)cc3)C(=O)N2c2cccc(F)c2)cc1. The Labute approximate surface area is 166 Å². The van der Waals surface area contributed by atoms with Crippen LogP contribution in [0.4, 0.5) is 14.5 Å². The Kier molecular flexibility index (Phi) is 4.91. The van der Waals surface area contributed by atoms with Crippen molar-refractivity contribution in [3.05, 3.63) is 101 Å². The minimum atomic E-state index is -0.458. The van der Waals surface area contributed by atoms with Crippen LogP contribution in [0, 0.1) is 11.6 Å². The molecule has 1 aliphatic heterocycles. The maximum atomic E-state index is 13.8. The van der Waals surface area contributed by atoms with Gasteiger partial charge in [-0.1, -0.05) is 18.2 Å². The molecule has 0 unspecified atom stereocenters. The van der Waals surface area contributed by atoms with Gasteiger partial charge in [0.15, 0.2) is 0 Å². The number of anilines is 1. The Morgan fingerprint density at radius 2 is 1.66 bits per heavy atom. The number of carbonyl (C=O) groups excluding carboxylic acids is 1. The predicted octanol–water partition coefficient (Wildman–Crippen LogP) is 4.81. The smallest absolute Gasteiger partial charge is 0.282 e. The second kappa shape index (κ2) is 7.67. The van der Waals surface area contributed by atoms with Crippen molar-refractivity contribution >= 4 is 23.5 Å². The lowest BCUT2D eigenvalue weighted by molar-refractivity contribution is -0.113. The number of ether oxygens (including phenoxy) is 1. The highest BCUT2D eigenvalue weighted by Gasteiger charge is 2.32. The number of rotatable bonds is 4. The third-order valence-corrected chi connectivity index (χ3v) is 4.45. The van der Waals surface area contributed by atoms with Gasteiger partial charge in [-0.05, 0) is 66.2 Å². The average Bonchev–Trinajstić information content (AvgIpc) is 3.06. The van der Waals surface area contributed by atoms with Crippen molar-refractivity contribution in [2.24, 2.45) is 4.99 Å². The van der Waals surface area contributed by atoms with E-state index in [2.05, 4.69) is 4.99 Å². The molecule has 0 aromatic heterocycles. The molecule has 3 aromatic rings. The molecule has 1 heterocycles. The Morgan fingerprint density at radius 3 is 2.31 bits per heavy atom. The van der Waals surface area contributed by atoms with Gasteiger partial charge in [0.2, 0.25) is 0 Å². The molecule has 0 atom stereocenters. The maximum Gasteiger partial charge on any atom is 0.282 e. The van der Waals surface area contributed by atoms with E-state index in [1.807, 2.05) is 0 Å². The number of carbonyl (C=O) groups is 1. The molecule has 1 aliphatic rings. The van der Waals surface area contributed by atoms with Gasteiger partial charge < -0.3 is 4.74 Å². The fraction of sp³-hybridized carbons (Fsp3) is 0.0435. The zero-order valence-electron chi connectivity index (χ0n) is 15.5. The Bertz CT molecular complexity index is 1120. The van der Waals surface area contributed by atoms with Crippen molar-refractivity contribution in [2.75, 3.05) is 12.0 Å². The minimum Gasteiger partial charge on any atom is -0.497 e. The molecule has 0 bridgehead atoms. The molecule has 0 saturated heterocycles. The van der Waals surface area contributed by atoms with E-state index in [0.717, 1.165) is 0 Å². The summed E-state index contributed by atoms with van der Waals surface area (Å²) in [6.45, 7) is 0. The third kappa shape index (κ3) is 3.78. The van der Waals surface area contributed by atoms with E-state index in [9.17, 15) is 13.6 Å². The first-order valence-corrected chi connectivity index (χ1v) is 8.85. The van der Waals surface area contributed by atoms with Gasteiger partial charge in [-0.25, -0.2) is 13.8 Å². The van der Waals surface area contributed by atoms with E-state index in [1.54, 1.807) is 55.7 Å². The second-order valence-corrected chi connectivity index (χ2v) is 6.37. The Morgan fingerprint density at radius 1 is 0.931 bits per heavy atom. The Hall–Kier alpha value is -3.80. The Balaban J connectivity index is 1.81. The van der Waals surface area contributed by atoms with Crippen LogP contribution < -0.4 is 9.64 Å². The first-order valence-electron chi connectivity index (χ1n) is 8.85. The molecular weight excluding hydrogens is 374 g/mol. The van der Waals surface area contributed by atoms with Gasteiger partial charge in [-0.3, -0.25) is 9.69 Å². The molecule has 4 rings (SSSR count). The van der Waals surface area contributed by atoms with Crippen molar-refractivity contribution in [1.29, 1.82) is 0 Å². The van der Waals surface area contributed by atoms with E-state index in [1.165, 1.54) is 35.2 Å². The zero-order valence-corrected chi connectivity index (χ0v) is 15.5. The van der Waals surface area contributed by atoms with E-state index in [0.29, 0.717) is 28.4 Å². The van der Waals surface area contributed by atoms with Crippen LogP contribution in [0.3, 0.4) is 0 Å². The lowest BCUT2D eigenvalue weighted by Crippen LogP contribution is -2.32. The van der Waals surface area contributed by atoms with Crippen molar-refractivity contribution < 1.29 is 18.3 Å². The monoisotopic (exact) mass is 390 g/mol. The van der Waals surface area contributed by atoms with Gasteiger partial charge in [-0.15, -0.1) is 0 Å². The fourth-order valence-corrected chi connectivity index (χ4v) is 3.02. The van der Waals surface area contributed by atoms with Crippen LogP contribution in [0.15, 0.2) is 83.5 Å². The standard InChI is InChI=1S/C23H16F2N2O2/c1-29-20-11-7-16(8-12-20)22-26-21(13-15-5-9-17(24)10-6-15)23(28)27(22)19-4-2-3-18(25)14-19/h2-14H,1H3. The number of benzene rings is 3. The number of aliphatic imine (C=N–C) groups is 1. The quantitative estimate of drug-likeness (QED) is 0.600. The molecule has 0 N–H and O–H groups in total. The van der Waals surface area contributed by atoms with E-state index >= 15 is 0 Å². The molecule has 4 nitrogen and oxygen atoms in total. The molecule has 0 saturated carbocycles. The number of amides is 1. The molecular formula is C23H16F2N2O2. The minimum absolute atomic E-state index is 0.173. The molecule has 3 aromatic carbocycles. The summed E-state index contributed by atoms with van der Waals surface area (Å²) in [5, 5.41) is 0. The third-order valence-electron chi connectivity index (χ3n) is 4.45. The van der Waals surface area contributed by atoms with Crippen molar-refractivity contribution in [1.82, 2.24) is 0 Å². The van der Waals surface area contributed by atoms with Gasteiger partial charge in [-0.2, -0.15) is 0 Å². The summed E-state index contributed by atoms with van der Waals surface area (Å²) in [4.78, 5) is 19.0. The summed E-state index contributed by atoms with van der Waals surface area (Å²) in [7, 11) is 1.56. The summed E-state index contributed by atoms with van der Waals surface area (Å²) in [5.74, 6) is -0.186. The molecule has 6 heteroatoms. The predicted molar refractivity (Wildman–Crippen MR) is 108 cm³/mol. The summed E-state index contributed by atoms with van der Waals surface area (Å²) in [6, 6.07) is 18.6. The average molecular weight is 390 g/mol. The molecule has 1 amide bonds. The number of methoxy groups -OCH3 is 1. The van der Waals surface area contributed by atoms with E-state index in [4.69, 9.17) is 4.74 Å². The molecule has 0 aliphatic carbocycles. The number of hydrogen-bond acceptors (Lipinski definition) is 3. The van der Waals surface area contributed by atoms with Crippen LogP contribution in [-0.2, 0) is 4.79 Å². The first kappa shape index (κ1) is 18.6. The van der Waals surface area contributed by atoms with Gasteiger partial charge in [0.25, 0.3) is 5.91 Å². The van der Waals surface area contributed by atoms with Crippen LogP contribution in [0.2, 0.25) is 0 Å². The van der Waals surface area contributed by atoms with Crippen molar-refractivity contribution in [2.45, 2.75) is 0 Å². The van der Waals surface area contributed by atoms with Crippen LogP contribution in [0.25, 0.3) is 6.08 Å². The van der Waals surface area contributed by atoms with Crippen LogP contribution in [-0.4, -0.2) is 18.9 Å². The summed E-state index contributed by atoms with van der Waals surface area (Å²) < 4.78 is 32.2. The van der Waals surface area contributed by atoms with Crippen LogP contribution in [0.5, 0.6) is 5.75 Å². The van der Waals surface area contributed by atoms with E-state index in [-0.39, 0.29) is 11.5 Å². The first-order chi connectivity index (χ1) is 14.0. The summed E-state index contributed by atoms with van der Waals surface area (Å²) in [6.07, 6.45) is 1.57. The highest BCUT2D eigenvalue weighted by atomic mass is 19.1. The van der Waals surface area contributed by atoms with Gasteiger partial charge >= 0.3 is 0 Å². The van der Waals surface area contributed by atoms with Gasteiger partial charge in [0.05, 0.1) is 12.8 Å². The van der Waals surface area contributed by atoms with Crippen molar-refractivity contribution in [3.8, 4) is 5.75 Å². The zero-order chi connectivity index (χ0) is 20.4. The lowest BCUT2D eigenvalue weighted by atomic mass is 10.1. The fourth-order valence-electron chi connectivity index (χ4n) is 3.02.